The number of aromatic hydroxyl groups is 1. The van der Waals surface area contributed by atoms with E-state index >= 15 is 0 Å². The molecule has 2 aromatic carbocycles. The predicted octanol–water partition coefficient (Wildman–Crippen LogP) is 3.75. The Balaban J connectivity index is 1.73. The van der Waals surface area contributed by atoms with E-state index in [0.717, 1.165) is 37.6 Å². The van der Waals surface area contributed by atoms with Crippen LogP contribution in [0.15, 0.2) is 45.9 Å². The predicted molar refractivity (Wildman–Crippen MR) is 99.1 cm³/mol. The molecular weight excluding hydrogens is 372 g/mol. The first kappa shape index (κ1) is 16.8. The van der Waals surface area contributed by atoms with Crippen LogP contribution in [0.25, 0.3) is 0 Å². The highest BCUT2D eigenvalue weighted by atomic mass is 79.9. The van der Waals surface area contributed by atoms with Crippen molar-refractivity contribution < 1.29 is 14.6 Å². The lowest BCUT2D eigenvalue weighted by atomic mass is 10.2. The van der Waals surface area contributed by atoms with Gasteiger partial charge in [0.05, 0.1) is 30.5 Å². The van der Waals surface area contributed by atoms with E-state index in [1.807, 2.05) is 12.1 Å². The highest BCUT2D eigenvalue weighted by molar-refractivity contribution is 9.10. The number of methoxy groups -OCH3 is 1. The van der Waals surface area contributed by atoms with E-state index in [1.165, 1.54) is 12.8 Å². The van der Waals surface area contributed by atoms with Gasteiger partial charge in [-0.1, -0.05) is 0 Å². The van der Waals surface area contributed by atoms with Crippen LogP contribution in [0, 0.1) is 0 Å². The minimum atomic E-state index is 0.0875. The largest absolute Gasteiger partial charge is 0.503 e. The number of hydrogen-bond acceptors (Lipinski definition) is 5. The maximum Gasteiger partial charge on any atom is 0.172 e. The summed E-state index contributed by atoms with van der Waals surface area (Å²) in [7, 11) is 1.52. The Morgan fingerprint density at radius 2 is 1.92 bits per heavy atom. The van der Waals surface area contributed by atoms with Crippen molar-refractivity contribution in [2.24, 2.45) is 4.99 Å². The number of rotatable bonds is 4. The number of ether oxygens (including phenoxy) is 2. The standard InChI is InChI=1S/C18H19BrN2O3/c1-23-17-11-13(10-16(19)18(17)22)12-20-14-2-4-15(5-3-14)21-6-8-24-9-7-21/h2-5,10-12,22H,6-9H2,1H3. The molecule has 0 aliphatic carbocycles. The number of morpholine rings is 1. The SMILES string of the molecule is COc1cc(C=Nc2ccc(N3CCOCC3)cc2)cc(Br)c1O. The molecule has 0 atom stereocenters. The Labute approximate surface area is 149 Å². The molecule has 3 rings (SSSR count). The molecule has 2 aromatic rings. The van der Waals surface area contributed by atoms with E-state index in [-0.39, 0.29) is 5.75 Å². The Morgan fingerprint density at radius 3 is 2.58 bits per heavy atom. The zero-order valence-electron chi connectivity index (χ0n) is 13.4. The smallest absolute Gasteiger partial charge is 0.172 e. The monoisotopic (exact) mass is 390 g/mol. The summed E-state index contributed by atoms with van der Waals surface area (Å²) in [5.41, 5.74) is 2.90. The van der Waals surface area contributed by atoms with Gasteiger partial charge in [-0.05, 0) is 57.9 Å². The molecule has 0 radical (unpaired) electrons. The third kappa shape index (κ3) is 3.88. The van der Waals surface area contributed by atoms with E-state index < -0.39 is 0 Å². The van der Waals surface area contributed by atoms with Crippen molar-refractivity contribution in [2.45, 2.75) is 0 Å². The van der Waals surface area contributed by atoms with Gasteiger partial charge in [0.15, 0.2) is 11.5 Å². The minimum absolute atomic E-state index is 0.0875. The molecule has 5 nitrogen and oxygen atoms in total. The second-order valence-corrected chi connectivity index (χ2v) is 6.28. The van der Waals surface area contributed by atoms with E-state index in [0.29, 0.717) is 10.2 Å². The summed E-state index contributed by atoms with van der Waals surface area (Å²) in [6.45, 7) is 3.39. The molecule has 1 heterocycles. The van der Waals surface area contributed by atoms with E-state index in [1.54, 1.807) is 18.3 Å². The van der Waals surface area contributed by atoms with E-state index in [9.17, 15) is 5.11 Å². The quantitative estimate of drug-likeness (QED) is 0.807. The van der Waals surface area contributed by atoms with Crippen molar-refractivity contribution in [1.29, 1.82) is 0 Å². The van der Waals surface area contributed by atoms with E-state index in [2.05, 4.69) is 38.0 Å². The first-order chi connectivity index (χ1) is 11.7. The zero-order chi connectivity index (χ0) is 16.9. The molecule has 1 aliphatic heterocycles. The van der Waals surface area contributed by atoms with Crippen LogP contribution in [0.2, 0.25) is 0 Å². The number of phenols is 1. The number of nitrogens with zero attached hydrogens (tertiary/aromatic N) is 2. The molecule has 24 heavy (non-hydrogen) atoms. The number of benzene rings is 2. The van der Waals surface area contributed by atoms with Gasteiger partial charge in [-0.15, -0.1) is 0 Å². The molecule has 1 fully saturated rings. The van der Waals surface area contributed by atoms with Gasteiger partial charge in [0.25, 0.3) is 0 Å². The molecule has 0 spiro atoms. The van der Waals surface area contributed by atoms with Crippen molar-refractivity contribution in [2.75, 3.05) is 38.3 Å². The maximum atomic E-state index is 9.83. The summed E-state index contributed by atoms with van der Waals surface area (Å²) in [5.74, 6) is 0.498. The van der Waals surface area contributed by atoms with Gasteiger partial charge >= 0.3 is 0 Å². The second kappa shape index (κ2) is 7.68. The summed E-state index contributed by atoms with van der Waals surface area (Å²) < 4.78 is 11.1. The van der Waals surface area contributed by atoms with Crippen molar-refractivity contribution >= 4 is 33.5 Å². The molecule has 1 aliphatic rings. The zero-order valence-corrected chi connectivity index (χ0v) is 15.0. The Hall–Kier alpha value is -2.05. The minimum Gasteiger partial charge on any atom is -0.503 e. The molecule has 0 saturated carbocycles. The molecule has 1 saturated heterocycles. The Morgan fingerprint density at radius 1 is 1.21 bits per heavy atom. The highest BCUT2D eigenvalue weighted by Gasteiger charge is 2.10. The first-order valence-corrected chi connectivity index (χ1v) is 8.50. The second-order valence-electron chi connectivity index (χ2n) is 5.43. The summed E-state index contributed by atoms with van der Waals surface area (Å²) in [6, 6.07) is 11.7. The number of aliphatic imine (C=N–C) groups is 1. The van der Waals surface area contributed by atoms with Gasteiger partial charge in [0.2, 0.25) is 0 Å². The first-order valence-electron chi connectivity index (χ1n) is 7.70. The molecule has 1 N–H and O–H groups in total. The third-order valence-electron chi connectivity index (χ3n) is 3.86. The van der Waals surface area contributed by atoms with Gasteiger partial charge in [0, 0.05) is 25.0 Å². The molecule has 126 valence electrons. The lowest BCUT2D eigenvalue weighted by Crippen LogP contribution is -2.36. The molecular formula is C18H19BrN2O3. The topological polar surface area (TPSA) is 54.3 Å². The number of halogens is 1. The lowest BCUT2D eigenvalue weighted by Gasteiger charge is -2.28. The summed E-state index contributed by atoms with van der Waals surface area (Å²) >= 11 is 3.31. The van der Waals surface area contributed by atoms with E-state index in [4.69, 9.17) is 9.47 Å². The Kier molecular flexibility index (Phi) is 5.37. The average Bonchev–Trinajstić information content (AvgIpc) is 2.63. The normalized spacial score (nSPS) is 15.0. The summed E-state index contributed by atoms with van der Waals surface area (Å²) in [5, 5.41) is 9.83. The fraction of sp³-hybridized carbons (Fsp3) is 0.278. The van der Waals surface area contributed by atoms with Crippen LogP contribution >= 0.6 is 15.9 Å². The van der Waals surface area contributed by atoms with Crippen LogP contribution < -0.4 is 9.64 Å². The van der Waals surface area contributed by atoms with Gasteiger partial charge in [-0.25, -0.2) is 0 Å². The van der Waals surface area contributed by atoms with Crippen LogP contribution in [-0.4, -0.2) is 44.7 Å². The molecule has 0 amide bonds. The summed E-state index contributed by atoms with van der Waals surface area (Å²) in [6.07, 6.45) is 1.75. The van der Waals surface area contributed by atoms with Crippen LogP contribution in [-0.2, 0) is 4.74 Å². The Bertz CT molecular complexity index is 726. The third-order valence-corrected chi connectivity index (χ3v) is 4.46. The summed E-state index contributed by atoms with van der Waals surface area (Å²) in [4.78, 5) is 6.79. The highest BCUT2D eigenvalue weighted by Crippen LogP contribution is 2.34. The van der Waals surface area contributed by atoms with Crippen LogP contribution in [0.4, 0.5) is 11.4 Å². The lowest BCUT2D eigenvalue weighted by molar-refractivity contribution is 0.122. The van der Waals surface area contributed by atoms with Crippen molar-refractivity contribution in [3.05, 3.63) is 46.4 Å². The number of hydrogen-bond donors (Lipinski definition) is 1. The fourth-order valence-corrected chi connectivity index (χ4v) is 3.00. The molecule has 6 heteroatoms. The van der Waals surface area contributed by atoms with Gasteiger partial charge in [0.1, 0.15) is 0 Å². The van der Waals surface area contributed by atoms with Crippen molar-refractivity contribution in [3.63, 3.8) is 0 Å². The van der Waals surface area contributed by atoms with Crippen molar-refractivity contribution in [1.82, 2.24) is 0 Å². The molecule has 0 unspecified atom stereocenters. The fourth-order valence-electron chi connectivity index (χ4n) is 2.54. The average molecular weight is 391 g/mol. The van der Waals surface area contributed by atoms with Crippen LogP contribution in [0.5, 0.6) is 11.5 Å². The van der Waals surface area contributed by atoms with Gasteiger partial charge in [-0.2, -0.15) is 0 Å². The van der Waals surface area contributed by atoms with Gasteiger partial charge in [-0.3, -0.25) is 4.99 Å². The van der Waals surface area contributed by atoms with Crippen LogP contribution in [0.3, 0.4) is 0 Å². The number of phenolic OH excluding ortho intramolecular Hbond substituents is 1. The maximum absolute atomic E-state index is 9.83. The molecule has 0 bridgehead atoms. The van der Waals surface area contributed by atoms with Gasteiger partial charge < -0.3 is 19.5 Å². The molecule has 0 aromatic heterocycles. The number of anilines is 1. The van der Waals surface area contributed by atoms with Crippen LogP contribution in [0.1, 0.15) is 5.56 Å². The van der Waals surface area contributed by atoms with Crippen molar-refractivity contribution in [3.8, 4) is 11.5 Å².